The Labute approximate surface area is 501 Å². The number of rotatable bonds is 16. The van der Waals surface area contributed by atoms with E-state index in [0.717, 1.165) is 0 Å². The molecule has 0 radical (unpaired) electrons. The van der Waals surface area contributed by atoms with Crippen molar-refractivity contribution in [3.05, 3.63) is 198 Å². The fourth-order valence-corrected chi connectivity index (χ4v) is 18.8. The molecule has 82 heavy (non-hydrogen) atoms. The second kappa shape index (κ2) is 24.2. The van der Waals surface area contributed by atoms with Crippen LogP contribution in [0.3, 0.4) is 0 Å². The SMILES string of the molecule is CC[SiH2]c1cc(C)cc(N(c2cc(C(C)(C)C)cc(C(C)(C)C)c2)c2c3ccc(-c4ccccc4)cc3c(N(c3cc([SiH](CC)CC)cc([SiH](CC)CC)c3)c3cc(C(C)(C)C)cc(C(C)(C)C)c3)c3ccc(-c4ccccc4)cc23)c1. The van der Waals surface area contributed by atoms with Crippen molar-refractivity contribution in [3.63, 3.8) is 0 Å². The molecule has 0 aliphatic rings. The first-order valence-electron chi connectivity index (χ1n) is 31.2. The second-order valence-electron chi connectivity index (χ2n) is 28.0. The highest BCUT2D eigenvalue weighted by molar-refractivity contribution is 6.76. The van der Waals surface area contributed by atoms with E-state index in [1.165, 1.54) is 141 Å². The third kappa shape index (κ3) is 12.8. The molecule has 9 aromatic carbocycles. The van der Waals surface area contributed by atoms with Gasteiger partial charge in [0.05, 0.1) is 38.5 Å². The van der Waals surface area contributed by atoms with Crippen LogP contribution in [-0.2, 0) is 21.7 Å². The average molecular weight is 1130 g/mol. The topological polar surface area (TPSA) is 6.48 Å². The van der Waals surface area contributed by atoms with Crippen molar-refractivity contribution in [3.8, 4) is 22.3 Å². The van der Waals surface area contributed by atoms with Gasteiger partial charge in [-0.25, -0.2) is 0 Å². The van der Waals surface area contributed by atoms with Crippen molar-refractivity contribution in [2.75, 3.05) is 9.80 Å². The Kier molecular flexibility index (Phi) is 17.8. The Morgan fingerprint density at radius 1 is 0.341 bits per heavy atom. The van der Waals surface area contributed by atoms with E-state index in [9.17, 15) is 0 Å². The lowest BCUT2D eigenvalue weighted by atomic mass is 9.80. The number of fused-ring (bicyclic) bond motifs is 2. The molecule has 9 rings (SSSR count). The van der Waals surface area contributed by atoms with Crippen molar-refractivity contribution >= 4 is 98.3 Å². The minimum atomic E-state index is -1.31. The van der Waals surface area contributed by atoms with E-state index >= 15 is 0 Å². The zero-order chi connectivity index (χ0) is 59.1. The van der Waals surface area contributed by atoms with E-state index in [2.05, 4.69) is 304 Å². The molecule has 0 unspecified atom stereocenters. The summed E-state index contributed by atoms with van der Waals surface area (Å²) in [7, 11) is -3.13. The van der Waals surface area contributed by atoms with Gasteiger partial charge >= 0.3 is 0 Å². The molecule has 0 amide bonds. The molecule has 0 aliphatic carbocycles. The third-order valence-electron chi connectivity index (χ3n) is 17.6. The van der Waals surface area contributed by atoms with Gasteiger partial charge in [0.15, 0.2) is 0 Å². The number of hydrogen-bond donors (Lipinski definition) is 0. The summed E-state index contributed by atoms with van der Waals surface area (Å²) in [5.41, 5.74) is 18.6. The van der Waals surface area contributed by atoms with Crippen molar-refractivity contribution in [1.82, 2.24) is 0 Å². The number of hydrogen-bond acceptors (Lipinski definition) is 2. The van der Waals surface area contributed by atoms with Gasteiger partial charge in [-0.1, -0.05) is 273 Å². The lowest BCUT2D eigenvalue weighted by molar-refractivity contribution is 0.568. The van der Waals surface area contributed by atoms with Crippen molar-refractivity contribution in [2.24, 2.45) is 0 Å². The zero-order valence-electron chi connectivity index (χ0n) is 53.5. The highest BCUT2D eigenvalue weighted by Crippen LogP contribution is 2.54. The van der Waals surface area contributed by atoms with Gasteiger partial charge < -0.3 is 9.80 Å². The van der Waals surface area contributed by atoms with Gasteiger partial charge in [0.25, 0.3) is 0 Å². The first-order chi connectivity index (χ1) is 38.8. The van der Waals surface area contributed by atoms with Gasteiger partial charge in [0.2, 0.25) is 0 Å². The Morgan fingerprint density at radius 3 is 1.04 bits per heavy atom. The van der Waals surface area contributed by atoms with Gasteiger partial charge in [-0.2, -0.15) is 0 Å². The molecule has 0 saturated heterocycles. The molecule has 2 nitrogen and oxygen atoms in total. The first-order valence-corrected chi connectivity index (χ1v) is 37.3. The molecule has 0 bridgehead atoms. The molecule has 0 aliphatic heterocycles. The summed E-state index contributed by atoms with van der Waals surface area (Å²) in [6.45, 7) is 43.1. The van der Waals surface area contributed by atoms with Crippen molar-refractivity contribution in [1.29, 1.82) is 0 Å². The third-order valence-corrected chi connectivity index (χ3v) is 25.6. The molecule has 5 heteroatoms. The zero-order valence-corrected chi connectivity index (χ0v) is 57.2. The molecule has 0 aromatic heterocycles. The summed E-state index contributed by atoms with van der Waals surface area (Å²) >= 11 is 0. The van der Waals surface area contributed by atoms with Crippen molar-refractivity contribution < 1.29 is 0 Å². The number of aryl methyl sites for hydroxylation is 1. The van der Waals surface area contributed by atoms with Crippen LogP contribution in [0.15, 0.2) is 170 Å². The summed E-state index contributed by atoms with van der Waals surface area (Å²) in [6.07, 6.45) is 0. The molecule has 0 heterocycles. The number of anilines is 6. The van der Waals surface area contributed by atoms with E-state index in [1.54, 1.807) is 10.4 Å². The second-order valence-corrected chi connectivity index (χ2v) is 37.7. The summed E-state index contributed by atoms with van der Waals surface area (Å²) in [4.78, 5) is 5.48. The Balaban J connectivity index is 1.59. The van der Waals surface area contributed by atoms with Crippen LogP contribution in [0.4, 0.5) is 34.1 Å². The van der Waals surface area contributed by atoms with Crippen LogP contribution in [0.5, 0.6) is 0 Å². The van der Waals surface area contributed by atoms with Gasteiger partial charge in [0.1, 0.15) is 0 Å². The van der Waals surface area contributed by atoms with E-state index in [1.807, 2.05) is 0 Å². The fourth-order valence-electron chi connectivity index (χ4n) is 12.5. The number of benzene rings is 9. The van der Waals surface area contributed by atoms with E-state index in [0.29, 0.717) is 0 Å². The molecule has 0 atom stereocenters. The van der Waals surface area contributed by atoms with E-state index in [-0.39, 0.29) is 21.7 Å². The predicted octanol–water partition coefficient (Wildman–Crippen LogP) is 19.9. The Bertz CT molecular complexity index is 3610. The highest BCUT2D eigenvalue weighted by atomic mass is 28.3. The molecule has 0 N–H and O–H groups in total. The van der Waals surface area contributed by atoms with Crippen LogP contribution in [0.25, 0.3) is 43.8 Å². The quantitative estimate of drug-likeness (QED) is 0.0540. The van der Waals surface area contributed by atoms with Crippen molar-refractivity contribution in [2.45, 2.75) is 177 Å². The van der Waals surface area contributed by atoms with Crippen LogP contribution in [0.1, 0.15) is 146 Å². The smallest absolute Gasteiger partial charge is 0.0703 e. The largest absolute Gasteiger partial charge is 0.309 e. The van der Waals surface area contributed by atoms with Gasteiger partial charge in [-0.05, 0) is 139 Å². The normalized spacial score (nSPS) is 12.7. The Hall–Kier alpha value is -6.25. The fraction of sp³-hybridized carbons (Fsp3) is 0.351. The summed E-state index contributed by atoms with van der Waals surface area (Å²) in [5.74, 6) is 0. The average Bonchev–Trinajstić information content (AvgIpc) is 1.00. The van der Waals surface area contributed by atoms with Crippen LogP contribution in [0, 0.1) is 6.92 Å². The maximum Gasteiger partial charge on any atom is 0.0703 e. The minimum absolute atomic E-state index is 0.0934. The molecule has 0 spiro atoms. The molecule has 426 valence electrons. The molecular formula is C77H96N2Si3. The molecule has 0 saturated carbocycles. The van der Waals surface area contributed by atoms with E-state index in [4.69, 9.17) is 0 Å². The highest BCUT2D eigenvalue weighted by Gasteiger charge is 2.32. The minimum Gasteiger partial charge on any atom is -0.309 e. The molecule has 0 fully saturated rings. The van der Waals surface area contributed by atoms with Crippen LogP contribution in [-0.4, -0.2) is 27.1 Å². The Morgan fingerprint density at radius 2 is 0.695 bits per heavy atom. The first kappa shape index (κ1) is 60.3. The standard InChI is InChI=1S/C77H96N2Si3/c1-19-80-65-39-52(6)38-61(48-65)78(62-44-57(74(7,8)9)42-58(45-62)75(10,11)12)72-68-36-34-56(54-32-28-25-29-33-54)41-71(68)73(69-37-35-55(40-70(69)72)53-30-26-24-27-31-53)79(63-46-59(76(13,14)15)43-60(47-63)77(16,17)18)64-49-66(81(20-2)21-3)51-67(50-64)82(22-4)23-5/h24-51,81-82H,19-23,80H2,1-18H3. The van der Waals surface area contributed by atoms with E-state index < -0.39 is 27.1 Å². The summed E-state index contributed by atoms with van der Waals surface area (Å²) in [5, 5.41) is 9.66. The molecular weight excluding hydrogens is 1040 g/mol. The number of nitrogens with zero attached hydrogens (tertiary/aromatic N) is 2. The van der Waals surface area contributed by atoms with Crippen LogP contribution >= 0.6 is 0 Å². The maximum atomic E-state index is 2.77. The van der Waals surface area contributed by atoms with Gasteiger partial charge in [-0.15, -0.1) is 0 Å². The van der Waals surface area contributed by atoms with Crippen LogP contribution < -0.4 is 25.4 Å². The van der Waals surface area contributed by atoms with Gasteiger partial charge in [0, 0.05) is 44.3 Å². The van der Waals surface area contributed by atoms with Gasteiger partial charge in [-0.3, -0.25) is 0 Å². The molecule has 9 aromatic rings. The maximum absolute atomic E-state index is 2.77. The lowest BCUT2D eigenvalue weighted by Crippen LogP contribution is -2.37. The monoisotopic (exact) mass is 1130 g/mol. The lowest BCUT2D eigenvalue weighted by Gasteiger charge is -2.36. The predicted molar refractivity (Wildman–Crippen MR) is 375 cm³/mol. The summed E-state index contributed by atoms with van der Waals surface area (Å²) in [6, 6.07) is 74.0. The summed E-state index contributed by atoms with van der Waals surface area (Å²) < 4.78 is 0. The van der Waals surface area contributed by atoms with Crippen LogP contribution in [0.2, 0.25) is 30.2 Å².